The van der Waals surface area contributed by atoms with Crippen LogP contribution in [0.15, 0.2) is 53.4 Å². The third-order valence-electron chi connectivity index (χ3n) is 2.34. The van der Waals surface area contributed by atoms with Crippen molar-refractivity contribution in [3.63, 3.8) is 0 Å². The Morgan fingerprint density at radius 2 is 1.69 bits per heavy atom. The SMILES string of the molecule is O=C(O)c1cccc(S)c1-c1ccccc1. The molecular formula is C13H10O2S. The van der Waals surface area contributed by atoms with E-state index in [-0.39, 0.29) is 5.56 Å². The normalized spacial score (nSPS) is 10.1. The van der Waals surface area contributed by atoms with Crippen molar-refractivity contribution in [1.82, 2.24) is 0 Å². The van der Waals surface area contributed by atoms with Gasteiger partial charge in [0.05, 0.1) is 5.56 Å². The van der Waals surface area contributed by atoms with Crippen molar-refractivity contribution >= 4 is 18.6 Å². The average Bonchev–Trinajstić information content (AvgIpc) is 2.29. The van der Waals surface area contributed by atoms with Gasteiger partial charge in [0.15, 0.2) is 0 Å². The second kappa shape index (κ2) is 4.41. The Morgan fingerprint density at radius 3 is 2.31 bits per heavy atom. The van der Waals surface area contributed by atoms with E-state index in [1.165, 1.54) is 0 Å². The minimum Gasteiger partial charge on any atom is -0.478 e. The van der Waals surface area contributed by atoms with E-state index in [0.717, 1.165) is 5.56 Å². The van der Waals surface area contributed by atoms with Gasteiger partial charge in [-0.05, 0) is 17.7 Å². The van der Waals surface area contributed by atoms with Gasteiger partial charge >= 0.3 is 5.97 Å². The molecule has 0 aliphatic heterocycles. The van der Waals surface area contributed by atoms with E-state index < -0.39 is 5.97 Å². The topological polar surface area (TPSA) is 37.3 Å². The molecule has 0 saturated heterocycles. The summed E-state index contributed by atoms with van der Waals surface area (Å²) < 4.78 is 0. The van der Waals surface area contributed by atoms with E-state index in [1.54, 1.807) is 18.2 Å². The Morgan fingerprint density at radius 1 is 1.00 bits per heavy atom. The van der Waals surface area contributed by atoms with Gasteiger partial charge in [-0.25, -0.2) is 4.79 Å². The molecule has 16 heavy (non-hydrogen) atoms. The summed E-state index contributed by atoms with van der Waals surface area (Å²) in [7, 11) is 0. The Bertz CT molecular complexity index is 521. The molecule has 0 amide bonds. The van der Waals surface area contributed by atoms with Crippen molar-refractivity contribution in [2.75, 3.05) is 0 Å². The van der Waals surface area contributed by atoms with Crippen LogP contribution in [-0.2, 0) is 0 Å². The molecule has 1 N–H and O–H groups in total. The van der Waals surface area contributed by atoms with Crippen LogP contribution >= 0.6 is 12.6 Å². The summed E-state index contributed by atoms with van der Waals surface area (Å²) in [5.74, 6) is -0.935. The summed E-state index contributed by atoms with van der Waals surface area (Å²) in [6.45, 7) is 0. The maximum atomic E-state index is 11.1. The monoisotopic (exact) mass is 230 g/mol. The number of hydrogen-bond donors (Lipinski definition) is 2. The molecule has 0 saturated carbocycles. The van der Waals surface area contributed by atoms with Gasteiger partial charge in [0.2, 0.25) is 0 Å². The average molecular weight is 230 g/mol. The first-order valence-electron chi connectivity index (χ1n) is 4.81. The number of carboxylic acid groups (broad SMARTS) is 1. The highest BCUT2D eigenvalue weighted by atomic mass is 32.1. The van der Waals surface area contributed by atoms with Crippen LogP contribution in [0.5, 0.6) is 0 Å². The van der Waals surface area contributed by atoms with Gasteiger partial charge in [-0.3, -0.25) is 0 Å². The summed E-state index contributed by atoms with van der Waals surface area (Å²) in [6.07, 6.45) is 0. The number of benzene rings is 2. The van der Waals surface area contributed by atoms with Crippen LogP contribution in [0, 0.1) is 0 Å². The van der Waals surface area contributed by atoms with Crippen LogP contribution in [0.1, 0.15) is 10.4 Å². The molecule has 80 valence electrons. The molecular weight excluding hydrogens is 220 g/mol. The number of thiol groups is 1. The minimum absolute atomic E-state index is 0.277. The molecule has 0 fully saturated rings. The second-order valence-corrected chi connectivity index (χ2v) is 3.85. The lowest BCUT2D eigenvalue weighted by Crippen LogP contribution is -2.00. The third-order valence-corrected chi connectivity index (χ3v) is 2.71. The molecule has 0 unspecified atom stereocenters. The molecule has 0 radical (unpaired) electrons. The van der Waals surface area contributed by atoms with Gasteiger partial charge in [0.25, 0.3) is 0 Å². The predicted octanol–water partition coefficient (Wildman–Crippen LogP) is 3.34. The summed E-state index contributed by atoms with van der Waals surface area (Å²) >= 11 is 4.31. The lowest BCUT2D eigenvalue weighted by atomic mass is 10.00. The summed E-state index contributed by atoms with van der Waals surface area (Å²) in [5.41, 5.74) is 1.81. The lowest BCUT2D eigenvalue weighted by molar-refractivity contribution is 0.0697. The van der Waals surface area contributed by atoms with Crippen molar-refractivity contribution in [1.29, 1.82) is 0 Å². The highest BCUT2D eigenvalue weighted by molar-refractivity contribution is 7.80. The summed E-state index contributed by atoms with van der Waals surface area (Å²) in [6, 6.07) is 14.5. The Hall–Kier alpha value is -1.74. The molecule has 2 rings (SSSR count). The predicted molar refractivity (Wildman–Crippen MR) is 66.1 cm³/mol. The van der Waals surface area contributed by atoms with Crippen LogP contribution < -0.4 is 0 Å². The Kier molecular flexibility index (Phi) is 2.97. The van der Waals surface area contributed by atoms with Crippen molar-refractivity contribution in [3.05, 3.63) is 54.1 Å². The fourth-order valence-corrected chi connectivity index (χ4v) is 1.96. The number of carbonyl (C=O) groups is 1. The highest BCUT2D eigenvalue weighted by Crippen LogP contribution is 2.29. The molecule has 0 spiro atoms. The first-order valence-corrected chi connectivity index (χ1v) is 5.25. The van der Waals surface area contributed by atoms with Gasteiger partial charge in [-0.1, -0.05) is 36.4 Å². The zero-order chi connectivity index (χ0) is 11.5. The molecule has 0 atom stereocenters. The minimum atomic E-state index is -0.935. The fraction of sp³-hybridized carbons (Fsp3) is 0. The van der Waals surface area contributed by atoms with Crippen molar-refractivity contribution in [3.8, 4) is 11.1 Å². The van der Waals surface area contributed by atoms with Crippen molar-refractivity contribution in [2.24, 2.45) is 0 Å². The van der Waals surface area contributed by atoms with E-state index in [1.807, 2.05) is 30.3 Å². The van der Waals surface area contributed by atoms with Crippen molar-refractivity contribution < 1.29 is 9.90 Å². The first kappa shape index (κ1) is 10.8. The Balaban J connectivity index is 2.68. The van der Waals surface area contributed by atoms with Gasteiger partial charge in [0.1, 0.15) is 0 Å². The van der Waals surface area contributed by atoms with E-state index >= 15 is 0 Å². The van der Waals surface area contributed by atoms with Gasteiger partial charge < -0.3 is 5.11 Å². The van der Waals surface area contributed by atoms with Gasteiger partial charge in [-0.15, -0.1) is 12.6 Å². The lowest BCUT2D eigenvalue weighted by Gasteiger charge is -2.08. The van der Waals surface area contributed by atoms with Crippen LogP contribution in [-0.4, -0.2) is 11.1 Å². The quantitative estimate of drug-likeness (QED) is 0.776. The first-order chi connectivity index (χ1) is 7.70. The molecule has 0 aromatic heterocycles. The fourth-order valence-electron chi connectivity index (χ4n) is 1.63. The Labute approximate surface area is 99.0 Å². The van der Waals surface area contributed by atoms with E-state index in [2.05, 4.69) is 12.6 Å². The van der Waals surface area contributed by atoms with Crippen molar-refractivity contribution in [2.45, 2.75) is 4.90 Å². The summed E-state index contributed by atoms with van der Waals surface area (Å²) in [4.78, 5) is 11.8. The van der Waals surface area contributed by atoms with E-state index in [9.17, 15) is 4.79 Å². The zero-order valence-electron chi connectivity index (χ0n) is 8.42. The maximum Gasteiger partial charge on any atom is 0.336 e. The number of aromatic carboxylic acids is 1. The number of hydrogen-bond acceptors (Lipinski definition) is 2. The second-order valence-electron chi connectivity index (χ2n) is 3.37. The third kappa shape index (κ3) is 1.95. The molecule has 2 aromatic carbocycles. The molecule has 0 aliphatic carbocycles. The largest absolute Gasteiger partial charge is 0.478 e. The molecule has 2 aromatic rings. The molecule has 3 heteroatoms. The number of rotatable bonds is 2. The van der Waals surface area contributed by atoms with Crippen LogP contribution in [0.3, 0.4) is 0 Å². The number of carboxylic acids is 1. The molecule has 0 heterocycles. The molecule has 0 bridgehead atoms. The van der Waals surface area contributed by atoms with E-state index in [4.69, 9.17) is 5.11 Å². The highest BCUT2D eigenvalue weighted by Gasteiger charge is 2.13. The van der Waals surface area contributed by atoms with E-state index in [0.29, 0.717) is 10.5 Å². The smallest absolute Gasteiger partial charge is 0.336 e. The maximum absolute atomic E-state index is 11.1. The summed E-state index contributed by atoms with van der Waals surface area (Å²) in [5, 5.41) is 9.12. The van der Waals surface area contributed by atoms with Crippen LogP contribution in [0.2, 0.25) is 0 Å². The zero-order valence-corrected chi connectivity index (χ0v) is 9.32. The van der Waals surface area contributed by atoms with Gasteiger partial charge in [-0.2, -0.15) is 0 Å². The molecule has 2 nitrogen and oxygen atoms in total. The van der Waals surface area contributed by atoms with Crippen LogP contribution in [0.25, 0.3) is 11.1 Å². The van der Waals surface area contributed by atoms with Crippen LogP contribution in [0.4, 0.5) is 0 Å². The molecule has 0 aliphatic rings. The standard InChI is InChI=1S/C13H10O2S/c14-13(15)10-7-4-8-11(16)12(10)9-5-2-1-3-6-9/h1-8,16H,(H,14,15). The van der Waals surface area contributed by atoms with Gasteiger partial charge in [0, 0.05) is 10.5 Å².